The van der Waals surface area contributed by atoms with E-state index in [9.17, 15) is 14.0 Å². The first-order valence-corrected chi connectivity index (χ1v) is 7.64. The lowest BCUT2D eigenvalue weighted by Crippen LogP contribution is -2.12. The summed E-state index contributed by atoms with van der Waals surface area (Å²) in [6.45, 7) is 0. The van der Waals surface area contributed by atoms with E-state index in [4.69, 9.17) is 4.42 Å². The Balaban J connectivity index is 1.75. The van der Waals surface area contributed by atoms with Crippen LogP contribution in [0.2, 0.25) is 0 Å². The topological polar surface area (TPSA) is 59.3 Å². The van der Waals surface area contributed by atoms with Crippen molar-refractivity contribution in [2.24, 2.45) is 0 Å². The molecule has 25 heavy (non-hydrogen) atoms. The minimum atomic E-state index is -0.483. The quantitative estimate of drug-likeness (QED) is 0.555. The van der Waals surface area contributed by atoms with E-state index in [0.717, 1.165) is 6.07 Å². The van der Waals surface area contributed by atoms with Crippen molar-refractivity contribution in [2.75, 3.05) is 5.32 Å². The van der Waals surface area contributed by atoms with E-state index in [2.05, 4.69) is 5.32 Å². The van der Waals surface area contributed by atoms with Gasteiger partial charge in [0.05, 0.1) is 10.8 Å². The molecule has 3 aromatic carbocycles. The molecule has 0 atom stereocenters. The lowest BCUT2D eigenvalue weighted by atomic mass is 10.1. The fraction of sp³-hybridized carbons (Fsp3) is 0. The van der Waals surface area contributed by atoms with Crippen LogP contribution in [0.5, 0.6) is 0 Å². The molecule has 4 nitrogen and oxygen atoms in total. The summed E-state index contributed by atoms with van der Waals surface area (Å²) in [5.74, 6) is -0.925. The lowest BCUT2D eigenvalue weighted by Gasteiger charge is -2.07. The van der Waals surface area contributed by atoms with Crippen LogP contribution in [0.15, 0.2) is 75.9 Å². The van der Waals surface area contributed by atoms with Gasteiger partial charge in [-0.15, -0.1) is 0 Å². The summed E-state index contributed by atoms with van der Waals surface area (Å²) in [4.78, 5) is 24.7. The standard InChI is InChI=1S/C20H12FNO3/c21-13-5-3-4-12(10-13)20(24)22-14-8-9-16-18(11-14)25-17-7-2-1-6-15(17)19(16)23/h1-11H,(H,22,24). The van der Waals surface area contributed by atoms with Crippen LogP contribution in [0.25, 0.3) is 21.9 Å². The average molecular weight is 333 g/mol. The second-order valence-corrected chi connectivity index (χ2v) is 5.60. The van der Waals surface area contributed by atoms with Crippen molar-refractivity contribution in [1.82, 2.24) is 0 Å². The van der Waals surface area contributed by atoms with Gasteiger partial charge in [0.25, 0.3) is 5.91 Å². The zero-order valence-electron chi connectivity index (χ0n) is 13.0. The third kappa shape index (κ3) is 2.76. The maximum absolute atomic E-state index is 13.2. The predicted octanol–water partition coefficient (Wildman–Crippen LogP) is 4.34. The largest absolute Gasteiger partial charge is 0.456 e. The highest BCUT2D eigenvalue weighted by atomic mass is 19.1. The van der Waals surface area contributed by atoms with Gasteiger partial charge in [-0.25, -0.2) is 4.39 Å². The number of rotatable bonds is 2. The first-order chi connectivity index (χ1) is 12.1. The maximum Gasteiger partial charge on any atom is 0.255 e. The summed E-state index contributed by atoms with van der Waals surface area (Å²) < 4.78 is 19.0. The second-order valence-electron chi connectivity index (χ2n) is 5.60. The zero-order chi connectivity index (χ0) is 17.4. The zero-order valence-corrected chi connectivity index (χ0v) is 13.0. The summed E-state index contributed by atoms with van der Waals surface area (Å²) in [6.07, 6.45) is 0. The highest BCUT2D eigenvalue weighted by Crippen LogP contribution is 2.22. The van der Waals surface area contributed by atoms with Gasteiger partial charge in [-0.3, -0.25) is 9.59 Å². The molecule has 0 aliphatic heterocycles. The number of halogens is 1. The van der Waals surface area contributed by atoms with Crippen LogP contribution in [-0.4, -0.2) is 5.91 Å². The minimum absolute atomic E-state index is 0.125. The number of benzene rings is 3. The molecule has 4 rings (SSSR count). The van der Waals surface area contributed by atoms with Gasteiger partial charge < -0.3 is 9.73 Å². The fourth-order valence-corrected chi connectivity index (χ4v) is 2.71. The van der Waals surface area contributed by atoms with E-state index in [-0.39, 0.29) is 11.0 Å². The molecule has 1 amide bonds. The van der Waals surface area contributed by atoms with Crippen LogP contribution in [0.4, 0.5) is 10.1 Å². The molecule has 0 saturated heterocycles. The second kappa shape index (κ2) is 5.87. The lowest BCUT2D eigenvalue weighted by molar-refractivity contribution is 0.102. The van der Waals surface area contributed by atoms with Crippen molar-refractivity contribution in [3.05, 3.63) is 88.3 Å². The van der Waals surface area contributed by atoms with Crippen LogP contribution in [0.1, 0.15) is 10.4 Å². The number of carbonyl (C=O) groups is 1. The maximum atomic E-state index is 13.2. The Labute approximate surface area is 141 Å². The molecule has 0 saturated carbocycles. The van der Waals surface area contributed by atoms with E-state index in [1.165, 1.54) is 18.2 Å². The molecule has 0 unspecified atom stereocenters. The number of amides is 1. The Morgan fingerprint density at radius 3 is 2.52 bits per heavy atom. The molecule has 4 aromatic rings. The van der Waals surface area contributed by atoms with E-state index in [1.54, 1.807) is 42.5 Å². The number of carbonyl (C=O) groups excluding carboxylic acids is 1. The van der Waals surface area contributed by atoms with E-state index < -0.39 is 11.7 Å². The Hall–Kier alpha value is -3.47. The van der Waals surface area contributed by atoms with Crippen LogP contribution in [0.3, 0.4) is 0 Å². The Morgan fingerprint density at radius 2 is 1.68 bits per heavy atom. The van der Waals surface area contributed by atoms with Gasteiger partial charge in [0.1, 0.15) is 17.0 Å². The number of para-hydroxylation sites is 1. The fourth-order valence-electron chi connectivity index (χ4n) is 2.71. The molecular weight excluding hydrogens is 321 g/mol. The molecule has 0 fully saturated rings. The predicted molar refractivity (Wildman–Crippen MR) is 94.3 cm³/mol. The Bertz CT molecular complexity index is 1180. The monoisotopic (exact) mass is 333 g/mol. The minimum Gasteiger partial charge on any atom is -0.456 e. The van der Waals surface area contributed by atoms with Gasteiger partial charge in [0.15, 0.2) is 0 Å². The van der Waals surface area contributed by atoms with Crippen LogP contribution in [-0.2, 0) is 0 Å². The molecule has 1 N–H and O–H groups in total. The van der Waals surface area contributed by atoms with Gasteiger partial charge in [-0.2, -0.15) is 0 Å². The molecule has 0 spiro atoms. The molecule has 5 heteroatoms. The van der Waals surface area contributed by atoms with E-state index in [0.29, 0.717) is 27.6 Å². The van der Waals surface area contributed by atoms with Crippen molar-refractivity contribution in [2.45, 2.75) is 0 Å². The number of anilines is 1. The van der Waals surface area contributed by atoms with Gasteiger partial charge in [-0.1, -0.05) is 18.2 Å². The van der Waals surface area contributed by atoms with Crippen LogP contribution >= 0.6 is 0 Å². The third-order valence-electron chi connectivity index (χ3n) is 3.92. The molecule has 0 aliphatic rings. The highest BCUT2D eigenvalue weighted by molar-refractivity contribution is 6.05. The molecule has 1 aromatic heterocycles. The SMILES string of the molecule is O=C(Nc1ccc2c(=O)c3ccccc3oc2c1)c1cccc(F)c1. The number of nitrogens with one attached hydrogen (secondary N) is 1. The molecule has 0 aliphatic carbocycles. The summed E-state index contributed by atoms with van der Waals surface area (Å²) >= 11 is 0. The smallest absolute Gasteiger partial charge is 0.255 e. The Morgan fingerprint density at radius 1 is 0.880 bits per heavy atom. The summed E-state index contributed by atoms with van der Waals surface area (Å²) in [7, 11) is 0. The van der Waals surface area contributed by atoms with Crippen molar-refractivity contribution >= 4 is 33.5 Å². The molecule has 122 valence electrons. The van der Waals surface area contributed by atoms with E-state index >= 15 is 0 Å². The number of hydrogen-bond acceptors (Lipinski definition) is 3. The van der Waals surface area contributed by atoms with Crippen molar-refractivity contribution in [3.8, 4) is 0 Å². The summed E-state index contributed by atoms with van der Waals surface area (Å²) in [5, 5.41) is 3.62. The first kappa shape index (κ1) is 15.1. The van der Waals surface area contributed by atoms with Crippen molar-refractivity contribution < 1.29 is 13.6 Å². The molecule has 1 heterocycles. The van der Waals surface area contributed by atoms with E-state index in [1.807, 2.05) is 0 Å². The highest BCUT2D eigenvalue weighted by Gasteiger charge is 2.10. The molecule has 0 bridgehead atoms. The van der Waals surface area contributed by atoms with Gasteiger partial charge in [0, 0.05) is 17.3 Å². The van der Waals surface area contributed by atoms with Crippen LogP contribution < -0.4 is 10.7 Å². The number of fused-ring (bicyclic) bond motifs is 2. The molecule has 0 radical (unpaired) electrons. The first-order valence-electron chi connectivity index (χ1n) is 7.64. The van der Waals surface area contributed by atoms with Crippen molar-refractivity contribution in [3.63, 3.8) is 0 Å². The average Bonchev–Trinajstić information content (AvgIpc) is 2.62. The summed E-state index contributed by atoms with van der Waals surface area (Å²) in [5.41, 5.74) is 1.40. The number of hydrogen-bond donors (Lipinski definition) is 1. The summed E-state index contributed by atoms with van der Waals surface area (Å²) in [6, 6.07) is 17.2. The van der Waals surface area contributed by atoms with Crippen LogP contribution in [0, 0.1) is 5.82 Å². The molecular formula is C20H12FNO3. The van der Waals surface area contributed by atoms with Gasteiger partial charge >= 0.3 is 0 Å². The normalized spacial score (nSPS) is 10.9. The van der Waals surface area contributed by atoms with Gasteiger partial charge in [0.2, 0.25) is 5.43 Å². The third-order valence-corrected chi connectivity index (χ3v) is 3.92. The van der Waals surface area contributed by atoms with Crippen molar-refractivity contribution in [1.29, 1.82) is 0 Å². The van der Waals surface area contributed by atoms with Gasteiger partial charge in [-0.05, 0) is 42.5 Å². The Kier molecular flexibility index (Phi) is 3.54.